The first-order valence-corrected chi connectivity index (χ1v) is 8.05. The molecule has 0 radical (unpaired) electrons. The number of hydrogen-bond donors (Lipinski definition) is 1. The molecule has 7 heteroatoms. The summed E-state index contributed by atoms with van der Waals surface area (Å²) in [6.07, 6.45) is 0.772. The number of hydrogen-bond acceptors (Lipinski definition) is 5. The van der Waals surface area contributed by atoms with Crippen LogP contribution in [-0.4, -0.2) is 32.2 Å². The van der Waals surface area contributed by atoms with Crippen LogP contribution in [0, 0.1) is 0 Å². The van der Waals surface area contributed by atoms with Gasteiger partial charge in [0.2, 0.25) is 0 Å². The first-order chi connectivity index (χ1) is 12.1. The lowest BCUT2D eigenvalue weighted by Crippen LogP contribution is -2.13. The van der Waals surface area contributed by atoms with Gasteiger partial charge in [-0.1, -0.05) is 17.7 Å². The standard InChI is InChI=1S/C18H16ClNO5/c1-23-18(22)12-5-2-4-11(8-12)17(21)20-14-10-16-15(9-13(14)19)24-6-3-7-25-16/h2,4-5,8-10H,3,6-7H2,1H3,(H,20,21). The molecule has 1 N–H and O–H groups in total. The molecule has 0 unspecified atom stereocenters. The molecule has 6 nitrogen and oxygen atoms in total. The molecule has 3 rings (SSSR count). The highest BCUT2D eigenvalue weighted by Gasteiger charge is 2.17. The maximum absolute atomic E-state index is 12.5. The summed E-state index contributed by atoms with van der Waals surface area (Å²) < 4.78 is 15.8. The van der Waals surface area contributed by atoms with Crippen LogP contribution in [0.25, 0.3) is 0 Å². The smallest absolute Gasteiger partial charge is 0.337 e. The summed E-state index contributed by atoms with van der Waals surface area (Å²) in [6, 6.07) is 9.48. The Hall–Kier alpha value is -2.73. The monoisotopic (exact) mass is 361 g/mol. The lowest BCUT2D eigenvalue weighted by atomic mass is 10.1. The van der Waals surface area contributed by atoms with Crippen molar-refractivity contribution >= 4 is 29.2 Å². The predicted octanol–water partition coefficient (Wildman–Crippen LogP) is 3.54. The molecular formula is C18H16ClNO5. The number of fused-ring (bicyclic) bond motifs is 1. The number of halogens is 1. The van der Waals surface area contributed by atoms with E-state index in [1.165, 1.54) is 13.2 Å². The van der Waals surface area contributed by atoms with Crippen molar-refractivity contribution in [3.8, 4) is 11.5 Å². The molecule has 130 valence electrons. The van der Waals surface area contributed by atoms with Crippen molar-refractivity contribution in [2.24, 2.45) is 0 Å². The molecule has 0 bridgehead atoms. The average molecular weight is 362 g/mol. The number of carbonyl (C=O) groups excluding carboxylic acids is 2. The van der Waals surface area contributed by atoms with Crippen molar-refractivity contribution in [3.05, 3.63) is 52.5 Å². The Bertz CT molecular complexity index is 821. The van der Waals surface area contributed by atoms with E-state index in [9.17, 15) is 9.59 Å². The number of methoxy groups -OCH3 is 1. The molecule has 0 aromatic heterocycles. The highest BCUT2D eigenvalue weighted by atomic mass is 35.5. The summed E-state index contributed by atoms with van der Waals surface area (Å²) in [5.74, 6) is 0.166. The fourth-order valence-electron chi connectivity index (χ4n) is 2.38. The van der Waals surface area contributed by atoms with Crippen molar-refractivity contribution < 1.29 is 23.8 Å². The van der Waals surface area contributed by atoms with E-state index in [2.05, 4.69) is 10.1 Å². The van der Waals surface area contributed by atoms with E-state index in [-0.39, 0.29) is 0 Å². The zero-order valence-electron chi connectivity index (χ0n) is 13.5. The Kier molecular flexibility index (Phi) is 5.09. The molecule has 25 heavy (non-hydrogen) atoms. The molecule has 1 heterocycles. The summed E-state index contributed by atoms with van der Waals surface area (Å²) in [6.45, 7) is 1.08. The van der Waals surface area contributed by atoms with Gasteiger partial charge in [0.15, 0.2) is 11.5 Å². The summed E-state index contributed by atoms with van der Waals surface area (Å²) in [4.78, 5) is 24.1. The lowest BCUT2D eigenvalue weighted by Gasteiger charge is -2.12. The quantitative estimate of drug-likeness (QED) is 0.846. The Morgan fingerprint density at radius 2 is 1.76 bits per heavy atom. The van der Waals surface area contributed by atoms with E-state index in [0.29, 0.717) is 46.5 Å². The van der Waals surface area contributed by atoms with Crippen LogP contribution in [0.5, 0.6) is 11.5 Å². The van der Waals surface area contributed by atoms with Crippen LogP contribution >= 0.6 is 11.6 Å². The Balaban J connectivity index is 1.84. The predicted molar refractivity (Wildman–Crippen MR) is 92.8 cm³/mol. The van der Waals surface area contributed by atoms with Crippen LogP contribution in [0.3, 0.4) is 0 Å². The fourth-order valence-corrected chi connectivity index (χ4v) is 2.58. The maximum atomic E-state index is 12.5. The van der Waals surface area contributed by atoms with Crippen molar-refractivity contribution in [1.82, 2.24) is 0 Å². The van der Waals surface area contributed by atoms with Gasteiger partial charge in [-0.3, -0.25) is 4.79 Å². The minimum absolute atomic E-state index is 0.292. The number of carbonyl (C=O) groups is 2. The minimum atomic E-state index is -0.511. The second kappa shape index (κ2) is 7.44. The van der Waals surface area contributed by atoms with Gasteiger partial charge in [0.1, 0.15) is 0 Å². The summed E-state index contributed by atoms with van der Waals surface area (Å²) in [5.41, 5.74) is 1.00. The average Bonchev–Trinajstić information content (AvgIpc) is 2.86. The van der Waals surface area contributed by atoms with E-state index in [1.807, 2.05) is 0 Å². The number of ether oxygens (including phenoxy) is 3. The van der Waals surface area contributed by atoms with Gasteiger partial charge in [0.25, 0.3) is 5.91 Å². The molecule has 2 aromatic rings. The Morgan fingerprint density at radius 1 is 1.08 bits per heavy atom. The lowest BCUT2D eigenvalue weighted by molar-refractivity contribution is 0.0600. The van der Waals surface area contributed by atoms with Crippen molar-refractivity contribution in [2.45, 2.75) is 6.42 Å². The summed E-state index contributed by atoms with van der Waals surface area (Å²) >= 11 is 6.23. The van der Waals surface area contributed by atoms with E-state index >= 15 is 0 Å². The normalized spacial score (nSPS) is 12.9. The molecule has 0 fully saturated rings. The highest BCUT2D eigenvalue weighted by molar-refractivity contribution is 6.34. The molecule has 1 aliphatic heterocycles. The van der Waals surface area contributed by atoms with Crippen LogP contribution in [0.4, 0.5) is 5.69 Å². The van der Waals surface area contributed by atoms with Crippen LogP contribution in [0.2, 0.25) is 5.02 Å². The zero-order valence-corrected chi connectivity index (χ0v) is 14.3. The molecular weight excluding hydrogens is 346 g/mol. The van der Waals surface area contributed by atoms with E-state index < -0.39 is 11.9 Å². The number of benzene rings is 2. The van der Waals surface area contributed by atoms with Gasteiger partial charge < -0.3 is 19.5 Å². The molecule has 1 amide bonds. The minimum Gasteiger partial charge on any atom is -0.490 e. The molecule has 2 aromatic carbocycles. The fraction of sp³-hybridized carbons (Fsp3) is 0.222. The van der Waals surface area contributed by atoms with Crippen LogP contribution < -0.4 is 14.8 Å². The van der Waals surface area contributed by atoms with E-state index in [1.54, 1.807) is 30.3 Å². The second-order valence-electron chi connectivity index (χ2n) is 5.36. The third-order valence-corrected chi connectivity index (χ3v) is 3.94. The van der Waals surface area contributed by atoms with Gasteiger partial charge >= 0.3 is 5.97 Å². The van der Waals surface area contributed by atoms with Gasteiger partial charge in [-0.15, -0.1) is 0 Å². The third kappa shape index (κ3) is 3.85. The van der Waals surface area contributed by atoms with Crippen molar-refractivity contribution in [1.29, 1.82) is 0 Å². The SMILES string of the molecule is COC(=O)c1cccc(C(=O)Nc2cc3c(cc2Cl)OCCCO3)c1. The topological polar surface area (TPSA) is 73.9 Å². The van der Waals surface area contributed by atoms with E-state index in [0.717, 1.165) is 6.42 Å². The van der Waals surface area contributed by atoms with Gasteiger partial charge in [-0.2, -0.15) is 0 Å². The maximum Gasteiger partial charge on any atom is 0.337 e. The molecule has 1 aliphatic rings. The van der Waals surface area contributed by atoms with Crippen LogP contribution in [0.15, 0.2) is 36.4 Å². The number of nitrogens with one attached hydrogen (secondary N) is 1. The third-order valence-electron chi connectivity index (χ3n) is 3.63. The Morgan fingerprint density at radius 3 is 2.48 bits per heavy atom. The van der Waals surface area contributed by atoms with Crippen LogP contribution in [-0.2, 0) is 4.74 Å². The van der Waals surface area contributed by atoms with E-state index in [4.69, 9.17) is 21.1 Å². The molecule has 0 saturated heterocycles. The molecule has 0 saturated carbocycles. The summed E-state index contributed by atoms with van der Waals surface area (Å²) in [7, 11) is 1.28. The molecule has 0 aliphatic carbocycles. The van der Waals surface area contributed by atoms with Gasteiger partial charge in [0, 0.05) is 24.1 Å². The zero-order chi connectivity index (χ0) is 17.8. The highest BCUT2D eigenvalue weighted by Crippen LogP contribution is 2.37. The summed E-state index contributed by atoms with van der Waals surface area (Å²) in [5, 5.41) is 3.06. The largest absolute Gasteiger partial charge is 0.490 e. The van der Waals surface area contributed by atoms with Gasteiger partial charge in [-0.05, 0) is 18.2 Å². The number of amides is 1. The first kappa shape index (κ1) is 17.1. The number of anilines is 1. The number of rotatable bonds is 3. The number of esters is 1. The molecule has 0 spiro atoms. The van der Waals surface area contributed by atoms with Crippen molar-refractivity contribution in [3.63, 3.8) is 0 Å². The van der Waals surface area contributed by atoms with Crippen LogP contribution in [0.1, 0.15) is 27.1 Å². The van der Waals surface area contributed by atoms with Gasteiger partial charge in [0.05, 0.1) is 36.6 Å². The second-order valence-corrected chi connectivity index (χ2v) is 5.76. The first-order valence-electron chi connectivity index (χ1n) is 7.67. The van der Waals surface area contributed by atoms with Crippen molar-refractivity contribution in [2.75, 3.05) is 25.6 Å². The van der Waals surface area contributed by atoms with Gasteiger partial charge in [-0.25, -0.2) is 4.79 Å². The molecule has 0 atom stereocenters. The Labute approximate surface area is 149 Å².